The summed E-state index contributed by atoms with van der Waals surface area (Å²) >= 11 is 15.0. The first-order chi connectivity index (χ1) is 34.9. The summed E-state index contributed by atoms with van der Waals surface area (Å²) in [5.74, 6) is -0.693. The molecule has 1 N–H and O–H groups in total. The lowest BCUT2D eigenvalue weighted by molar-refractivity contribution is -0.163. The molecule has 4 fully saturated rings. The van der Waals surface area contributed by atoms with Crippen LogP contribution in [0.5, 0.6) is 11.5 Å². The molecule has 17 nitrogen and oxygen atoms in total. The first-order valence-electron chi connectivity index (χ1n) is 22.7. The van der Waals surface area contributed by atoms with Gasteiger partial charge in [-0.3, -0.25) is 29.0 Å². The van der Waals surface area contributed by atoms with E-state index in [-0.39, 0.29) is 45.1 Å². The number of hydrogen-bond acceptors (Lipinski definition) is 19. The molecule has 4 aromatic rings. The zero-order chi connectivity index (χ0) is 54.2. The predicted octanol–water partition coefficient (Wildman–Crippen LogP) is 8.17. The summed E-state index contributed by atoms with van der Waals surface area (Å²) in [7, 11) is 3.09. The number of rotatable bonds is 10. The van der Waals surface area contributed by atoms with E-state index in [0.717, 1.165) is 35.3 Å². The van der Waals surface area contributed by atoms with Gasteiger partial charge in [-0.2, -0.15) is 10.5 Å². The largest absolute Gasteiger partial charge is 0.440 e. The van der Waals surface area contributed by atoms with E-state index in [4.69, 9.17) is 33.9 Å². The average molecular weight is 1110 g/mol. The van der Waals surface area contributed by atoms with E-state index in [1.165, 1.54) is 57.9 Å². The van der Waals surface area contributed by atoms with Gasteiger partial charge in [0.1, 0.15) is 17.8 Å². The van der Waals surface area contributed by atoms with Crippen molar-refractivity contribution in [2.45, 2.75) is 92.6 Å². The minimum absolute atomic E-state index is 0.0169. The van der Waals surface area contributed by atoms with Crippen LogP contribution >= 0.6 is 71.5 Å². The van der Waals surface area contributed by atoms with Crippen molar-refractivity contribution in [2.24, 2.45) is 10.8 Å². The quantitative estimate of drug-likeness (QED) is 0.148. The minimum atomic E-state index is -1.62. The third-order valence-electron chi connectivity index (χ3n) is 13.3. The fourth-order valence-corrected chi connectivity index (χ4v) is 15.6. The molecule has 0 aliphatic carbocycles. The first kappa shape index (κ1) is 55.8. The Morgan fingerprint density at radius 1 is 0.689 bits per heavy atom. The number of piperazine rings is 2. The highest BCUT2D eigenvalue weighted by atomic mass is 32.2. The van der Waals surface area contributed by atoms with Crippen molar-refractivity contribution in [3.63, 3.8) is 0 Å². The van der Waals surface area contributed by atoms with E-state index in [1.54, 1.807) is 115 Å². The molecule has 4 saturated heterocycles. The second-order valence-corrected chi connectivity index (χ2v) is 25.7. The minimum Gasteiger partial charge on any atom is -0.440 e. The van der Waals surface area contributed by atoms with Crippen molar-refractivity contribution in [1.29, 1.82) is 10.5 Å². The maximum Gasteiger partial charge on any atom is 0.261 e. The smallest absolute Gasteiger partial charge is 0.261 e. The summed E-state index contributed by atoms with van der Waals surface area (Å²) in [5, 5.41) is 29.9. The Bertz CT molecular complexity index is 3010. The van der Waals surface area contributed by atoms with Crippen LogP contribution in [0.25, 0.3) is 0 Å². The molecule has 0 radical (unpaired) electrons. The second kappa shape index (κ2) is 21.4. The Hall–Kier alpha value is -5.92. The third kappa shape index (κ3) is 9.91. The average Bonchev–Trinajstić information content (AvgIpc) is 3.80. The van der Waals surface area contributed by atoms with Crippen LogP contribution < -0.4 is 9.47 Å². The van der Waals surface area contributed by atoms with Crippen molar-refractivity contribution in [3.8, 4) is 23.6 Å². The van der Waals surface area contributed by atoms with Crippen LogP contribution in [0.1, 0.15) is 83.3 Å². The molecule has 2 aromatic heterocycles. The summed E-state index contributed by atoms with van der Waals surface area (Å²) in [4.78, 5) is 82.2. The molecule has 4 aliphatic rings. The number of para-hydroxylation sites is 2. The highest BCUT2D eigenvalue weighted by Gasteiger charge is 2.73. The van der Waals surface area contributed by atoms with Gasteiger partial charge in [0.25, 0.3) is 23.6 Å². The number of carbonyl (C=O) groups excluding carboxylic acids is 5. The molecular formula is C51H51N9O8S6. The second-order valence-electron chi connectivity index (χ2n) is 18.7. The monoisotopic (exact) mass is 1110 g/mol. The Kier molecular flexibility index (Phi) is 16.1. The molecule has 6 heterocycles. The van der Waals surface area contributed by atoms with Gasteiger partial charge < -0.3 is 34.2 Å². The van der Waals surface area contributed by atoms with Crippen molar-refractivity contribution in [3.05, 3.63) is 126 Å². The lowest BCUT2D eigenvalue weighted by Gasteiger charge is -2.52. The number of nitriles is 2. The normalized spacial score (nSPS) is 29.0. The molecule has 0 spiro atoms. The summed E-state index contributed by atoms with van der Waals surface area (Å²) in [5.41, 5.74) is -0.863. The predicted molar refractivity (Wildman–Crippen MR) is 291 cm³/mol. The molecule has 1 unspecified atom stereocenters. The Labute approximate surface area is 456 Å². The first-order valence-corrected chi connectivity index (χ1v) is 26.8. The van der Waals surface area contributed by atoms with Gasteiger partial charge in [0, 0.05) is 58.0 Å². The molecule has 4 amide bonds. The number of pyridine rings is 1. The number of thioether (sulfide) groups is 4. The molecular weight excluding hydrogens is 1060 g/mol. The standard InChI is InChI=1S/C31H28N4O5S4.C20H23N5O3S2/c1-29(19-32)18-31(44-28(42)40-23-12-8-5-9-13-23)26(38)34(3)30(2,43-27(41)39-22-10-6-4-7-11-22)25(37)35(31)24(29)20-14-15-21(17-36)33-16-20;1-12(2)29-19(5)16(27)25-15(14-7-22-11-23-8-14)18(4,10-21)9-20(25,30-13(3)26)17(28)24(19)6/h4-16,24,36H,17-18H2,1-3H3;7-8,11,15H,1,9H2,2-6H3/t24?,29-,30+,31+;15-,18+,19-,20-/m10/s1. The van der Waals surface area contributed by atoms with E-state index in [2.05, 4.69) is 33.7 Å². The van der Waals surface area contributed by atoms with E-state index in [1.807, 2.05) is 12.1 Å². The number of likely N-dealkylation sites (N-methyl/N-ethyl adjacent to an activating group) is 2. The van der Waals surface area contributed by atoms with Crippen molar-refractivity contribution < 1.29 is 38.6 Å². The molecule has 23 heteroatoms. The summed E-state index contributed by atoms with van der Waals surface area (Å²) in [6.45, 7) is 13.4. The lowest BCUT2D eigenvalue weighted by atomic mass is 9.80. The number of aliphatic hydroxyl groups excluding tert-OH is 1. The van der Waals surface area contributed by atoms with Crippen LogP contribution in [0, 0.1) is 33.5 Å². The summed E-state index contributed by atoms with van der Waals surface area (Å²) < 4.78 is 11.8. The topological polar surface area (TPSA) is 223 Å². The van der Waals surface area contributed by atoms with Crippen molar-refractivity contribution in [2.75, 3.05) is 14.1 Å². The number of ether oxygens (including phenoxy) is 2. The fraction of sp³-hybridized carbons (Fsp3) is 0.373. The van der Waals surface area contributed by atoms with E-state index < -0.39 is 54.2 Å². The van der Waals surface area contributed by atoms with Gasteiger partial charge >= 0.3 is 0 Å². The molecule has 2 aromatic carbocycles. The maximum atomic E-state index is 14.9. The van der Waals surface area contributed by atoms with E-state index in [9.17, 15) is 39.6 Å². The van der Waals surface area contributed by atoms with Crippen LogP contribution in [-0.2, 0) is 30.6 Å². The van der Waals surface area contributed by atoms with Crippen molar-refractivity contribution in [1.82, 2.24) is 34.6 Å². The number of hydrogen-bond donors (Lipinski definition) is 1. The van der Waals surface area contributed by atoms with E-state index in [0.29, 0.717) is 33.2 Å². The van der Waals surface area contributed by atoms with Gasteiger partial charge in [0.2, 0.25) is 8.77 Å². The molecule has 0 bridgehead atoms. The molecule has 4 aliphatic heterocycles. The van der Waals surface area contributed by atoms with Crippen LogP contribution in [0.2, 0.25) is 0 Å². The summed E-state index contributed by atoms with van der Waals surface area (Å²) in [6, 6.07) is 24.1. The van der Waals surface area contributed by atoms with Gasteiger partial charge in [-0.25, -0.2) is 9.97 Å². The molecule has 74 heavy (non-hydrogen) atoms. The number of benzene rings is 2. The zero-order valence-corrected chi connectivity index (χ0v) is 46.4. The Balaban J connectivity index is 0.000000233. The Morgan fingerprint density at radius 2 is 1.14 bits per heavy atom. The number of amides is 4. The van der Waals surface area contributed by atoms with Crippen LogP contribution in [-0.4, -0.2) is 111 Å². The van der Waals surface area contributed by atoms with Gasteiger partial charge in [0.05, 0.1) is 47.4 Å². The highest BCUT2D eigenvalue weighted by molar-refractivity contribution is 8.24. The molecule has 8 rings (SSSR count). The molecule has 384 valence electrons. The SMILES string of the molecule is C=C(C)S[C@@]1(C)C(=O)N2[C@@H](c3cncnc3)[C@@](C)(C#N)C[C@]2(SC(C)=O)C(=O)N1C.CN1C(=O)[C@@]2(SC(=S)Oc3ccccc3)C[C@](C)(C#N)C(c3ccc(CO)nc3)N2C(=O)[C@]1(C)SC(=S)Oc1ccccc1. The maximum absolute atomic E-state index is 14.9. The van der Waals surface area contributed by atoms with Crippen molar-refractivity contribution >= 4 is 109 Å². The highest BCUT2D eigenvalue weighted by Crippen LogP contribution is 2.64. The fourth-order valence-electron chi connectivity index (χ4n) is 9.86. The molecule has 0 saturated carbocycles. The number of fused-ring (bicyclic) bond motifs is 2. The van der Waals surface area contributed by atoms with Gasteiger partial charge in [-0.1, -0.05) is 60.8 Å². The number of carbonyl (C=O) groups is 5. The lowest BCUT2D eigenvalue weighted by Crippen LogP contribution is -2.71. The zero-order valence-electron chi connectivity index (χ0n) is 41.5. The Morgan fingerprint density at radius 3 is 1.55 bits per heavy atom. The molecule has 8 atom stereocenters. The van der Waals surface area contributed by atoms with Gasteiger partial charge in [-0.05, 0) is 135 Å². The summed E-state index contributed by atoms with van der Waals surface area (Å²) in [6.07, 6.45) is 5.95. The van der Waals surface area contributed by atoms with Crippen LogP contribution in [0.4, 0.5) is 0 Å². The number of nitrogens with zero attached hydrogens (tertiary/aromatic N) is 9. The number of aliphatic hydroxyl groups is 1. The van der Waals surface area contributed by atoms with Gasteiger partial charge in [0.15, 0.2) is 24.6 Å². The third-order valence-corrected chi connectivity index (χ3v) is 18.5. The van der Waals surface area contributed by atoms with E-state index >= 15 is 0 Å². The number of allylic oxidation sites excluding steroid dienone is 1. The number of thiocarbonyl (C=S) groups is 2. The number of aromatic nitrogens is 3. The van der Waals surface area contributed by atoms with Crippen LogP contribution in [0.3, 0.4) is 0 Å². The van der Waals surface area contributed by atoms with Gasteiger partial charge in [-0.15, -0.1) is 0 Å². The van der Waals surface area contributed by atoms with Crippen LogP contribution in [0.15, 0.2) is 109 Å².